The van der Waals surface area contributed by atoms with E-state index in [0.29, 0.717) is 0 Å². The minimum absolute atomic E-state index is 0.0462. The fraction of sp³-hybridized carbons (Fsp3) is 0.478. The van der Waals surface area contributed by atoms with Crippen LogP contribution in [-0.4, -0.2) is 43.2 Å². The van der Waals surface area contributed by atoms with Gasteiger partial charge in [-0.15, -0.1) is 5.10 Å². The summed E-state index contributed by atoms with van der Waals surface area (Å²) in [6.07, 6.45) is 7.25. The molecule has 6 nitrogen and oxygen atoms in total. The Kier molecular flexibility index (Phi) is 5.72. The summed E-state index contributed by atoms with van der Waals surface area (Å²) in [7, 11) is 0. The Morgan fingerprint density at radius 3 is 2.34 bits per heavy atom. The second kappa shape index (κ2) is 8.41. The van der Waals surface area contributed by atoms with Crippen molar-refractivity contribution in [2.75, 3.05) is 13.1 Å². The highest BCUT2D eigenvalue weighted by atomic mass is 15.6. The Labute approximate surface area is 173 Å². The molecule has 29 heavy (non-hydrogen) atoms. The van der Waals surface area contributed by atoms with Crippen molar-refractivity contribution in [3.8, 4) is 0 Å². The molecule has 1 aromatic carbocycles. The summed E-state index contributed by atoms with van der Waals surface area (Å²) in [5, 5.41) is 12.8. The van der Waals surface area contributed by atoms with Crippen molar-refractivity contribution in [2.24, 2.45) is 5.92 Å². The molecule has 3 aromatic rings. The largest absolute Gasteiger partial charge is 0.290 e. The third kappa shape index (κ3) is 4.53. The maximum absolute atomic E-state index is 4.46. The molecule has 1 aliphatic heterocycles. The molecule has 0 radical (unpaired) electrons. The van der Waals surface area contributed by atoms with Gasteiger partial charge in [-0.1, -0.05) is 30.3 Å². The molecule has 1 saturated heterocycles. The Balaban J connectivity index is 1.55. The average Bonchev–Trinajstić information content (AvgIpc) is 3.21. The van der Waals surface area contributed by atoms with Gasteiger partial charge in [0.05, 0.1) is 11.6 Å². The van der Waals surface area contributed by atoms with Crippen molar-refractivity contribution in [3.05, 3.63) is 71.8 Å². The average molecular weight is 391 g/mol. The van der Waals surface area contributed by atoms with E-state index in [1.807, 2.05) is 17.1 Å². The molecular weight excluding hydrogens is 360 g/mol. The van der Waals surface area contributed by atoms with Crippen LogP contribution in [0.4, 0.5) is 0 Å². The standard InChI is InChI=1S/C23H30N6/c1-23(2,3)29-22(25-26-27-29)21(20-9-13-24-14-10-20)28-15-11-19(12-16-28)17-18-7-5-4-6-8-18/h4-10,13-14,19,21H,11-12,15-17H2,1-3H3. The normalized spacial score (nSPS) is 17.3. The third-order valence-corrected chi connectivity index (χ3v) is 5.78. The zero-order chi connectivity index (χ0) is 20.3. The first-order valence-electron chi connectivity index (χ1n) is 10.5. The van der Waals surface area contributed by atoms with Crippen molar-refractivity contribution in [1.29, 1.82) is 0 Å². The summed E-state index contributed by atoms with van der Waals surface area (Å²) in [6.45, 7) is 8.51. The molecule has 0 aliphatic carbocycles. The molecule has 6 heteroatoms. The summed E-state index contributed by atoms with van der Waals surface area (Å²) in [6, 6.07) is 15.1. The van der Waals surface area contributed by atoms with Crippen molar-refractivity contribution < 1.29 is 0 Å². The topological polar surface area (TPSA) is 59.7 Å². The van der Waals surface area contributed by atoms with Crippen molar-refractivity contribution >= 4 is 0 Å². The van der Waals surface area contributed by atoms with E-state index in [9.17, 15) is 0 Å². The molecule has 1 aliphatic rings. The maximum Gasteiger partial charge on any atom is 0.173 e. The van der Waals surface area contributed by atoms with Crippen LogP contribution in [0.25, 0.3) is 0 Å². The van der Waals surface area contributed by atoms with Crippen LogP contribution < -0.4 is 0 Å². The molecule has 0 bridgehead atoms. The Morgan fingerprint density at radius 2 is 1.69 bits per heavy atom. The predicted molar refractivity (Wildman–Crippen MR) is 113 cm³/mol. The Bertz CT molecular complexity index is 892. The van der Waals surface area contributed by atoms with Gasteiger partial charge >= 0.3 is 0 Å². The van der Waals surface area contributed by atoms with Crippen molar-refractivity contribution in [2.45, 2.75) is 51.6 Å². The monoisotopic (exact) mass is 390 g/mol. The van der Waals surface area contributed by atoms with Crippen LogP contribution >= 0.6 is 0 Å². The second-order valence-corrected chi connectivity index (χ2v) is 8.97. The molecule has 0 spiro atoms. The van der Waals surface area contributed by atoms with Gasteiger partial charge in [-0.25, -0.2) is 4.68 Å². The molecule has 1 atom stereocenters. The lowest BCUT2D eigenvalue weighted by Crippen LogP contribution is -2.40. The van der Waals surface area contributed by atoms with Gasteiger partial charge in [-0.05, 0) is 92.7 Å². The molecule has 4 rings (SSSR count). The van der Waals surface area contributed by atoms with Crippen LogP contribution in [0.1, 0.15) is 56.6 Å². The van der Waals surface area contributed by atoms with Gasteiger partial charge in [0, 0.05) is 12.4 Å². The highest BCUT2D eigenvalue weighted by Crippen LogP contribution is 2.33. The van der Waals surface area contributed by atoms with E-state index in [2.05, 4.69) is 88.6 Å². The highest BCUT2D eigenvalue weighted by Gasteiger charge is 2.33. The van der Waals surface area contributed by atoms with Crippen LogP contribution in [0, 0.1) is 5.92 Å². The molecule has 1 fully saturated rings. The number of aromatic nitrogens is 5. The summed E-state index contributed by atoms with van der Waals surface area (Å²) in [4.78, 5) is 6.74. The van der Waals surface area contributed by atoms with E-state index in [0.717, 1.165) is 31.3 Å². The molecule has 2 aromatic heterocycles. The van der Waals surface area contributed by atoms with Gasteiger partial charge in [0.15, 0.2) is 5.82 Å². The quantitative estimate of drug-likeness (QED) is 0.662. The van der Waals surface area contributed by atoms with Gasteiger partial charge in [-0.3, -0.25) is 9.88 Å². The molecule has 0 amide bonds. The van der Waals surface area contributed by atoms with Gasteiger partial charge in [0.25, 0.3) is 0 Å². The third-order valence-electron chi connectivity index (χ3n) is 5.78. The molecule has 0 N–H and O–H groups in total. The molecule has 3 heterocycles. The smallest absolute Gasteiger partial charge is 0.173 e. The summed E-state index contributed by atoms with van der Waals surface area (Å²) in [5.41, 5.74) is 2.46. The highest BCUT2D eigenvalue weighted by molar-refractivity contribution is 5.23. The van der Waals surface area contributed by atoms with E-state index in [1.165, 1.54) is 24.0 Å². The second-order valence-electron chi connectivity index (χ2n) is 8.97. The molecule has 1 unspecified atom stereocenters. The van der Waals surface area contributed by atoms with Crippen molar-refractivity contribution in [3.63, 3.8) is 0 Å². The number of benzene rings is 1. The van der Waals surface area contributed by atoms with Crippen LogP contribution in [0.2, 0.25) is 0 Å². The zero-order valence-electron chi connectivity index (χ0n) is 17.6. The number of likely N-dealkylation sites (tertiary alicyclic amines) is 1. The number of pyridine rings is 1. The van der Waals surface area contributed by atoms with Gasteiger partial charge in [0.1, 0.15) is 0 Å². The lowest BCUT2D eigenvalue weighted by Gasteiger charge is -2.38. The Hall–Kier alpha value is -2.60. The van der Waals surface area contributed by atoms with Crippen molar-refractivity contribution in [1.82, 2.24) is 30.1 Å². The van der Waals surface area contributed by atoms with Crippen LogP contribution in [0.3, 0.4) is 0 Å². The molecular formula is C23H30N6. The molecule has 0 saturated carbocycles. The van der Waals surface area contributed by atoms with Crippen LogP contribution in [-0.2, 0) is 12.0 Å². The van der Waals surface area contributed by atoms with Crippen LogP contribution in [0.5, 0.6) is 0 Å². The minimum Gasteiger partial charge on any atom is -0.290 e. The van der Waals surface area contributed by atoms with E-state index in [1.54, 1.807) is 0 Å². The maximum atomic E-state index is 4.46. The Morgan fingerprint density at radius 1 is 1.00 bits per heavy atom. The summed E-state index contributed by atoms with van der Waals surface area (Å²) < 4.78 is 1.97. The lowest BCUT2D eigenvalue weighted by atomic mass is 9.89. The predicted octanol–water partition coefficient (Wildman–Crippen LogP) is 3.87. The van der Waals surface area contributed by atoms with Gasteiger partial charge in [-0.2, -0.15) is 0 Å². The van der Waals surface area contributed by atoms with Gasteiger partial charge < -0.3 is 0 Å². The lowest BCUT2D eigenvalue weighted by molar-refractivity contribution is 0.139. The SMILES string of the molecule is CC(C)(C)n1nnnc1C(c1ccncc1)N1CCC(Cc2ccccc2)CC1. The van der Waals surface area contributed by atoms with E-state index >= 15 is 0 Å². The molecule has 152 valence electrons. The number of tetrazole rings is 1. The fourth-order valence-corrected chi connectivity index (χ4v) is 4.27. The number of piperidine rings is 1. The summed E-state index contributed by atoms with van der Waals surface area (Å²) >= 11 is 0. The van der Waals surface area contributed by atoms with E-state index in [-0.39, 0.29) is 11.6 Å². The fourth-order valence-electron chi connectivity index (χ4n) is 4.27. The minimum atomic E-state index is -0.171. The van der Waals surface area contributed by atoms with Crippen LogP contribution in [0.15, 0.2) is 54.9 Å². The number of hydrogen-bond acceptors (Lipinski definition) is 5. The summed E-state index contributed by atoms with van der Waals surface area (Å²) in [5.74, 6) is 1.63. The van der Waals surface area contributed by atoms with E-state index in [4.69, 9.17) is 0 Å². The number of nitrogens with zero attached hydrogens (tertiary/aromatic N) is 6. The first-order chi connectivity index (χ1) is 14.0. The van der Waals surface area contributed by atoms with Gasteiger partial charge in [0.2, 0.25) is 0 Å². The zero-order valence-corrected chi connectivity index (χ0v) is 17.6. The number of rotatable bonds is 5. The number of hydrogen-bond donors (Lipinski definition) is 0. The van der Waals surface area contributed by atoms with E-state index < -0.39 is 0 Å². The first kappa shape index (κ1) is 19.7. The first-order valence-corrected chi connectivity index (χ1v) is 10.5.